The summed E-state index contributed by atoms with van der Waals surface area (Å²) >= 11 is 0. The highest BCUT2D eigenvalue weighted by molar-refractivity contribution is 14.0. The van der Waals surface area contributed by atoms with Gasteiger partial charge in [-0.3, -0.25) is 9.79 Å². The topological polar surface area (TPSA) is 74.8 Å². The summed E-state index contributed by atoms with van der Waals surface area (Å²) in [5, 5.41) is 9.77. The van der Waals surface area contributed by atoms with Crippen LogP contribution in [0.2, 0.25) is 0 Å². The van der Waals surface area contributed by atoms with Crippen LogP contribution in [-0.2, 0) is 11.3 Å². The van der Waals surface area contributed by atoms with E-state index < -0.39 is 0 Å². The second kappa shape index (κ2) is 15.5. The van der Waals surface area contributed by atoms with Gasteiger partial charge < -0.3 is 20.7 Å². The van der Waals surface area contributed by atoms with Crippen LogP contribution in [-0.4, -0.2) is 44.7 Å². The van der Waals surface area contributed by atoms with Crippen molar-refractivity contribution in [2.24, 2.45) is 10.9 Å². The summed E-state index contributed by atoms with van der Waals surface area (Å²) in [6.45, 7) is 7.41. The van der Waals surface area contributed by atoms with Gasteiger partial charge in [-0.05, 0) is 42.9 Å². The molecule has 1 aliphatic rings. The zero-order valence-electron chi connectivity index (χ0n) is 18.7. The van der Waals surface area contributed by atoms with Gasteiger partial charge in [-0.2, -0.15) is 0 Å². The van der Waals surface area contributed by atoms with E-state index in [-0.39, 0.29) is 36.0 Å². The number of hydrogen-bond donors (Lipinski definition) is 3. The zero-order chi connectivity index (χ0) is 20.9. The molecule has 1 saturated heterocycles. The minimum atomic E-state index is -0.0495. The molecule has 2 atom stereocenters. The Morgan fingerprint density at radius 2 is 2.10 bits per heavy atom. The molecule has 0 radical (unpaired) electrons. The largest absolute Gasteiger partial charge is 0.376 e. The van der Waals surface area contributed by atoms with Gasteiger partial charge >= 0.3 is 0 Å². The fourth-order valence-electron chi connectivity index (χ4n) is 3.53. The highest BCUT2D eigenvalue weighted by Crippen LogP contribution is 2.12. The van der Waals surface area contributed by atoms with Crippen molar-refractivity contribution in [1.82, 2.24) is 16.0 Å². The molecule has 2 unspecified atom stereocenters. The summed E-state index contributed by atoms with van der Waals surface area (Å²) in [6, 6.07) is 7.72. The number of guanidine groups is 1. The lowest BCUT2D eigenvalue weighted by Crippen LogP contribution is -2.39. The van der Waals surface area contributed by atoms with E-state index in [0.29, 0.717) is 24.6 Å². The highest BCUT2D eigenvalue weighted by atomic mass is 127. The van der Waals surface area contributed by atoms with Gasteiger partial charge in [0.1, 0.15) is 0 Å². The predicted octanol–water partition coefficient (Wildman–Crippen LogP) is 4.09. The molecule has 1 heterocycles. The molecule has 1 aliphatic heterocycles. The number of nitrogens with one attached hydrogen (secondary N) is 3. The molecule has 1 fully saturated rings. The maximum atomic E-state index is 12.4. The van der Waals surface area contributed by atoms with Gasteiger partial charge in [0, 0.05) is 38.9 Å². The van der Waals surface area contributed by atoms with Crippen LogP contribution in [0.15, 0.2) is 29.3 Å². The first-order chi connectivity index (χ1) is 14.2. The fourth-order valence-corrected chi connectivity index (χ4v) is 3.53. The molecule has 1 aromatic carbocycles. The smallest absolute Gasteiger partial charge is 0.251 e. The molecular weight excluding hydrogens is 491 g/mol. The van der Waals surface area contributed by atoms with Crippen LogP contribution in [0, 0.1) is 5.92 Å². The van der Waals surface area contributed by atoms with Crippen molar-refractivity contribution >= 4 is 35.8 Å². The molecule has 6 nitrogen and oxygen atoms in total. The Balaban J connectivity index is 0.00000450. The third kappa shape index (κ3) is 9.64. The molecule has 0 saturated carbocycles. The normalized spacial score (nSPS) is 17.2. The second-order valence-corrected chi connectivity index (χ2v) is 7.77. The van der Waals surface area contributed by atoms with E-state index in [2.05, 4.69) is 34.8 Å². The monoisotopic (exact) mass is 530 g/mol. The molecule has 170 valence electrons. The van der Waals surface area contributed by atoms with Crippen molar-refractivity contribution in [2.75, 3.05) is 26.7 Å². The van der Waals surface area contributed by atoms with E-state index in [4.69, 9.17) is 4.74 Å². The lowest BCUT2D eigenvalue weighted by atomic mass is 9.99. The molecule has 0 bridgehead atoms. The van der Waals surface area contributed by atoms with Crippen molar-refractivity contribution in [3.63, 3.8) is 0 Å². The molecular formula is C23H39IN4O2. The predicted molar refractivity (Wildman–Crippen MR) is 135 cm³/mol. The van der Waals surface area contributed by atoms with Gasteiger partial charge in [-0.1, -0.05) is 45.2 Å². The van der Waals surface area contributed by atoms with Crippen molar-refractivity contribution < 1.29 is 9.53 Å². The van der Waals surface area contributed by atoms with Crippen molar-refractivity contribution in [3.05, 3.63) is 35.4 Å². The molecule has 0 aliphatic carbocycles. The van der Waals surface area contributed by atoms with Crippen molar-refractivity contribution in [3.8, 4) is 0 Å². The minimum Gasteiger partial charge on any atom is -0.376 e. The van der Waals surface area contributed by atoms with E-state index in [0.717, 1.165) is 37.5 Å². The van der Waals surface area contributed by atoms with E-state index in [1.807, 2.05) is 24.3 Å². The van der Waals surface area contributed by atoms with Gasteiger partial charge in [-0.15, -0.1) is 24.0 Å². The Kier molecular flexibility index (Phi) is 13.7. The van der Waals surface area contributed by atoms with Gasteiger partial charge in [0.15, 0.2) is 5.96 Å². The average Bonchev–Trinajstić information content (AvgIpc) is 3.28. The first-order valence-electron chi connectivity index (χ1n) is 11.1. The number of carbonyl (C=O) groups is 1. The number of rotatable bonds is 11. The van der Waals surface area contributed by atoms with Crippen molar-refractivity contribution in [2.45, 2.75) is 65.0 Å². The SMILES string of the molecule is CCCCC(CC)CNC(=NC)NCc1cccc(C(=O)NCC2CCCO2)c1.I. The first kappa shape index (κ1) is 26.7. The number of amides is 1. The van der Waals surface area contributed by atoms with Crippen LogP contribution < -0.4 is 16.0 Å². The van der Waals surface area contributed by atoms with Gasteiger partial charge in [0.25, 0.3) is 5.91 Å². The summed E-state index contributed by atoms with van der Waals surface area (Å²) in [7, 11) is 1.79. The number of halogens is 1. The van der Waals surface area contributed by atoms with Crippen LogP contribution in [0.5, 0.6) is 0 Å². The van der Waals surface area contributed by atoms with Crippen LogP contribution >= 0.6 is 24.0 Å². The number of aliphatic imine (C=N–C) groups is 1. The molecule has 30 heavy (non-hydrogen) atoms. The van der Waals surface area contributed by atoms with Crippen LogP contribution in [0.4, 0.5) is 0 Å². The quantitative estimate of drug-likeness (QED) is 0.229. The molecule has 7 heteroatoms. The second-order valence-electron chi connectivity index (χ2n) is 7.77. The molecule has 0 aromatic heterocycles. The highest BCUT2D eigenvalue weighted by Gasteiger charge is 2.16. The summed E-state index contributed by atoms with van der Waals surface area (Å²) in [4.78, 5) is 16.7. The number of unbranched alkanes of at least 4 members (excludes halogenated alkanes) is 1. The summed E-state index contributed by atoms with van der Waals surface area (Å²) in [5.41, 5.74) is 1.73. The van der Waals surface area contributed by atoms with Crippen LogP contribution in [0.3, 0.4) is 0 Å². The Bertz CT molecular complexity index is 648. The summed E-state index contributed by atoms with van der Waals surface area (Å²) in [5.74, 6) is 1.42. The van der Waals surface area contributed by atoms with Crippen LogP contribution in [0.1, 0.15) is 68.3 Å². The number of benzene rings is 1. The lowest BCUT2D eigenvalue weighted by molar-refractivity contribution is 0.0857. The Morgan fingerprint density at radius 1 is 1.27 bits per heavy atom. The molecule has 1 aromatic rings. The molecule has 3 N–H and O–H groups in total. The van der Waals surface area contributed by atoms with E-state index in [1.165, 1.54) is 25.7 Å². The summed E-state index contributed by atoms with van der Waals surface area (Å²) < 4.78 is 5.56. The zero-order valence-corrected chi connectivity index (χ0v) is 21.0. The van der Waals surface area contributed by atoms with E-state index >= 15 is 0 Å². The van der Waals surface area contributed by atoms with E-state index in [9.17, 15) is 4.79 Å². The Labute approximate surface area is 199 Å². The molecule has 2 rings (SSSR count). The third-order valence-corrected chi connectivity index (χ3v) is 5.49. The first-order valence-corrected chi connectivity index (χ1v) is 11.1. The summed E-state index contributed by atoms with van der Waals surface area (Å²) in [6.07, 6.45) is 7.19. The Morgan fingerprint density at radius 3 is 2.77 bits per heavy atom. The number of nitrogens with zero attached hydrogens (tertiary/aromatic N) is 1. The number of hydrogen-bond acceptors (Lipinski definition) is 3. The van der Waals surface area contributed by atoms with Gasteiger partial charge in [0.2, 0.25) is 0 Å². The average molecular weight is 530 g/mol. The Hall–Kier alpha value is -1.35. The number of carbonyl (C=O) groups excluding carboxylic acids is 1. The van der Waals surface area contributed by atoms with E-state index in [1.54, 1.807) is 7.05 Å². The van der Waals surface area contributed by atoms with Gasteiger partial charge in [0.05, 0.1) is 6.10 Å². The van der Waals surface area contributed by atoms with Gasteiger partial charge in [-0.25, -0.2) is 0 Å². The maximum Gasteiger partial charge on any atom is 0.251 e. The molecule has 1 amide bonds. The number of ether oxygens (including phenoxy) is 1. The maximum absolute atomic E-state index is 12.4. The molecule has 0 spiro atoms. The van der Waals surface area contributed by atoms with Crippen molar-refractivity contribution in [1.29, 1.82) is 0 Å². The fraction of sp³-hybridized carbons (Fsp3) is 0.652. The third-order valence-electron chi connectivity index (χ3n) is 5.49. The van der Waals surface area contributed by atoms with Crippen LogP contribution in [0.25, 0.3) is 0 Å². The standard InChI is InChI=1S/C23H38N4O2.HI/c1-4-6-9-18(5-2)15-26-23(24-3)27-16-19-10-7-11-20(14-19)22(28)25-17-21-12-8-13-29-21;/h7,10-11,14,18,21H,4-6,8-9,12-13,15-17H2,1-3H3,(H,25,28)(H2,24,26,27);1H. The lowest BCUT2D eigenvalue weighted by Gasteiger charge is -2.18. The minimum absolute atomic E-state index is 0.